The molecule has 0 aliphatic carbocycles. The van der Waals surface area contributed by atoms with Crippen LogP contribution < -0.4 is 5.73 Å². The zero-order chi connectivity index (χ0) is 13.9. The smallest absolute Gasteiger partial charge is 0.227 e. The lowest BCUT2D eigenvalue weighted by Gasteiger charge is -2.39. The maximum atomic E-state index is 12.3. The predicted octanol–water partition coefficient (Wildman–Crippen LogP) is 1.84. The first-order valence-corrected chi connectivity index (χ1v) is 6.70. The van der Waals surface area contributed by atoms with Crippen LogP contribution in [-0.4, -0.2) is 36.6 Å². The summed E-state index contributed by atoms with van der Waals surface area (Å²) in [6.07, 6.45) is 2.41. The van der Waals surface area contributed by atoms with Gasteiger partial charge in [0.25, 0.3) is 0 Å². The molecular weight excluding hydrogens is 240 g/mol. The largest absolute Gasteiger partial charge is 0.399 e. The summed E-state index contributed by atoms with van der Waals surface area (Å²) in [7, 11) is 1.71. The molecule has 4 heteroatoms. The highest BCUT2D eigenvalue weighted by Crippen LogP contribution is 2.24. The van der Waals surface area contributed by atoms with E-state index in [2.05, 4.69) is 6.92 Å². The summed E-state index contributed by atoms with van der Waals surface area (Å²) in [5.41, 5.74) is 7.19. The van der Waals surface area contributed by atoms with Crippen LogP contribution in [0.2, 0.25) is 0 Å². The molecule has 1 aromatic rings. The number of piperidine rings is 1. The van der Waals surface area contributed by atoms with Crippen LogP contribution in [0.15, 0.2) is 24.3 Å². The topological polar surface area (TPSA) is 55.6 Å². The lowest BCUT2D eigenvalue weighted by atomic mass is 9.94. The Labute approximate surface area is 114 Å². The van der Waals surface area contributed by atoms with E-state index in [0.29, 0.717) is 18.7 Å². The molecule has 0 aromatic heterocycles. The van der Waals surface area contributed by atoms with Crippen molar-refractivity contribution in [3.63, 3.8) is 0 Å². The molecule has 2 N–H and O–H groups in total. The van der Waals surface area contributed by atoms with E-state index in [9.17, 15) is 4.79 Å². The van der Waals surface area contributed by atoms with E-state index in [1.807, 2.05) is 29.2 Å². The number of likely N-dealkylation sites (tertiary alicyclic amines) is 1. The number of amides is 1. The number of methoxy groups -OCH3 is 1. The van der Waals surface area contributed by atoms with Gasteiger partial charge in [-0.15, -0.1) is 0 Å². The number of nitrogen functional groups attached to an aromatic ring is 1. The summed E-state index contributed by atoms with van der Waals surface area (Å²) in [5.74, 6) is 0.147. The zero-order valence-electron chi connectivity index (χ0n) is 11.7. The Hall–Kier alpha value is -1.55. The molecular formula is C15H22N2O2. The Kier molecular flexibility index (Phi) is 4.10. The van der Waals surface area contributed by atoms with Gasteiger partial charge in [-0.05, 0) is 37.5 Å². The van der Waals surface area contributed by atoms with Crippen molar-refractivity contribution in [2.45, 2.75) is 31.8 Å². The van der Waals surface area contributed by atoms with Gasteiger partial charge in [0.15, 0.2) is 0 Å². The molecule has 0 spiro atoms. The van der Waals surface area contributed by atoms with Gasteiger partial charge < -0.3 is 15.4 Å². The number of rotatable bonds is 3. The second-order valence-corrected chi connectivity index (χ2v) is 5.49. The van der Waals surface area contributed by atoms with Crippen LogP contribution in [0.4, 0.5) is 5.69 Å². The lowest BCUT2D eigenvalue weighted by molar-refractivity contribution is -0.138. The van der Waals surface area contributed by atoms with E-state index in [1.54, 1.807) is 7.11 Å². The van der Waals surface area contributed by atoms with E-state index in [1.165, 1.54) is 0 Å². The molecule has 1 fully saturated rings. The zero-order valence-corrected chi connectivity index (χ0v) is 11.7. The number of anilines is 1. The minimum absolute atomic E-state index is 0.147. The van der Waals surface area contributed by atoms with Crippen molar-refractivity contribution in [3.05, 3.63) is 29.8 Å². The van der Waals surface area contributed by atoms with Gasteiger partial charge >= 0.3 is 0 Å². The molecule has 1 aliphatic rings. The molecule has 2 rings (SSSR count). The molecule has 0 bridgehead atoms. The van der Waals surface area contributed by atoms with Crippen LogP contribution in [-0.2, 0) is 16.0 Å². The van der Waals surface area contributed by atoms with Crippen molar-refractivity contribution in [3.8, 4) is 0 Å². The molecule has 1 unspecified atom stereocenters. The van der Waals surface area contributed by atoms with E-state index in [4.69, 9.17) is 10.5 Å². The minimum atomic E-state index is -0.205. The van der Waals surface area contributed by atoms with E-state index in [-0.39, 0.29) is 11.5 Å². The third-order valence-corrected chi connectivity index (χ3v) is 3.81. The van der Waals surface area contributed by atoms with Gasteiger partial charge in [0.2, 0.25) is 5.91 Å². The van der Waals surface area contributed by atoms with Crippen molar-refractivity contribution < 1.29 is 9.53 Å². The standard InChI is InChI=1S/C15H22N2O2/c1-15(19-2)7-4-8-17(11-15)14(18)10-12-5-3-6-13(16)9-12/h3,5-6,9H,4,7-8,10-11,16H2,1-2H3. The number of carbonyl (C=O) groups excluding carboxylic acids is 1. The van der Waals surface area contributed by atoms with Crippen LogP contribution in [0, 0.1) is 0 Å². The fraction of sp³-hybridized carbons (Fsp3) is 0.533. The summed E-state index contributed by atoms with van der Waals surface area (Å²) >= 11 is 0. The maximum absolute atomic E-state index is 12.3. The number of hydrogen-bond acceptors (Lipinski definition) is 3. The summed E-state index contributed by atoms with van der Waals surface area (Å²) < 4.78 is 5.51. The molecule has 1 aliphatic heterocycles. The number of ether oxygens (including phenoxy) is 1. The quantitative estimate of drug-likeness (QED) is 0.846. The molecule has 19 heavy (non-hydrogen) atoms. The molecule has 1 atom stereocenters. The number of benzene rings is 1. The molecule has 0 radical (unpaired) electrons. The summed E-state index contributed by atoms with van der Waals surface area (Å²) in [6.45, 7) is 3.55. The monoisotopic (exact) mass is 262 g/mol. The maximum Gasteiger partial charge on any atom is 0.227 e. The van der Waals surface area contributed by atoms with Gasteiger partial charge in [-0.1, -0.05) is 12.1 Å². The third-order valence-electron chi connectivity index (χ3n) is 3.81. The number of nitrogens with two attached hydrogens (primary N) is 1. The second kappa shape index (κ2) is 5.61. The Morgan fingerprint density at radius 3 is 3.00 bits per heavy atom. The van der Waals surface area contributed by atoms with Gasteiger partial charge in [-0.2, -0.15) is 0 Å². The molecule has 1 aromatic carbocycles. The average molecular weight is 262 g/mol. The van der Waals surface area contributed by atoms with Crippen LogP contribution in [0.5, 0.6) is 0 Å². The van der Waals surface area contributed by atoms with Gasteiger partial charge in [-0.25, -0.2) is 0 Å². The molecule has 1 heterocycles. The average Bonchev–Trinajstić information content (AvgIpc) is 2.39. The normalized spacial score (nSPS) is 23.4. The highest BCUT2D eigenvalue weighted by molar-refractivity contribution is 5.79. The Bertz CT molecular complexity index is 461. The summed E-state index contributed by atoms with van der Waals surface area (Å²) in [4.78, 5) is 14.2. The van der Waals surface area contributed by atoms with E-state index in [0.717, 1.165) is 24.9 Å². The van der Waals surface area contributed by atoms with Crippen molar-refractivity contribution in [2.75, 3.05) is 25.9 Å². The third kappa shape index (κ3) is 3.47. The van der Waals surface area contributed by atoms with Crippen LogP contribution in [0.3, 0.4) is 0 Å². The molecule has 0 saturated carbocycles. The number of carbonyl (C=O) groups is 1. The van der Waals surface area contributed by atoms with Crippen molar-refractivity contribution in [2.24, 2.45) is 0 Å². The van der Waals surface area contributed by atoms with Gasteiger partial charge in [0.05, 0.1) is 12.0 Å². The first-order valence-electron chi connectivity index (χ1n) is 6.70. The first kappa shape index (κ1) is 13.9. The SMILES string of the molecule is COC1(C)CCCN(C(=O)Cc2cccc(N)c2)C1. The number of nitrogens with zero attached hydrogens (tertiary/aromatic N) is 1. The molecule has 4 nitrogen and oxygen atoms in total. The van der Waals surface area contributed by atoms with Crippen LogP contribution in [0.25, 0.3) is 0 Å². The van der Waals surface area contributed by atoms with Crippen molar-refractivity contribution in [1.29, 1.82) is 0 Å². The molecule has 1 saturated heterocycles. The fourth-order valence-electron chi connectivity index (χ4n) is 2.57. The Morgan fingerprint density at radius 2 is 2.32 bits per heavy atom. The highest BCUT2D eigenvalue weighted by atomic mass is 16.5. The van der Waals surface area contributed by atoms with Gasteiger partial charge in [0.1, 0.15) is 0 Å². The fourth-order valence-corrected chi connectivity index (χ4v) is 2.57. The highest BCUT2D eigenvalue weighted by Gasteiger charge is 2.32. The van der Waals surface area contributed by atoms with E-state index < -0.39 is 0 Å². The van der Waals surface area contributed by atoms with Crippen molar-refractivity contribution in [1.82, 2.24) is 4.90 Å². The van der Waals surface area contributed by atoms with Crippen molar-refractivity contribution >= 4 is 11.6 Å². The lowest BCUT2D eigenvalue weighted by Crippen LogP contribution is -2.50. The molecule has 104 valence electrons. The van der Waals surface area contributed by atoms with Gasteiger partial charge in [-0.3, -0.25) is 4.79 Å². The minimum Gasteiger partial charge on any atom is -0.399 e. The Morgan fingerprint density at radius 1 is 1.53 bits per heavy atom. The van der Waals surface area contributed by atoms with Crippen LogP contribution >= 0.6 is 0 Å². The van der Waals surface area contributed by atoms with E-state index >= 15 is 0 Å². The summed E-state index contributed by atoms with van der Waals surface area (Å²) in [6, 6.07) is 7.51. The predicted molar refractivity (Wildman–Crippen MR) is 75.8 cm³/mol. The number of hydrogen-bond donors (Lipinski definition) is 1. The Balaban J connectivity index is 2.00. The second-order valence-electron chi connectivity index (χ2n) is 5.49. The first-order chi connectivity index (χ1) is 9.02. The molecule has 1 amide bonds. The summed E-state index contributed by atoms with van der Waals surface area (Å²) in [5, 5.41) is 0. The van der Waals surface area contributed by atoms with Gasteiger partial charge in [0, 0.05) is 25.9 Å². The van der Waals surface area contributed by atoms with Crippen LogP contribution in [0.1, 0.15) is 25.3 Å².